The largest absolute Gasteiger partial charge is 0.487 e. The maximum atomic E-state index is 12.5. The van der Waals surface area contributed by atoms with Crippen molar-refractivity contribution in [3.8, 4) is 11.5 Å². The number of nitrogens with one attached hydrogen (secondary N) is 1. The summed E-state index contributed by atoms with van der Waals surface area (Å²) in [6, 6.07) is 14.6. The average molecular weight is 433 g/mol. The number of carbonyl (C=O) groups is 1. The molecule has 2 aromatic rings. The molecule has 0 spiro atoms. The lowest BCUT2D eigenvalue weighted by molar-refractivity contribution is -0.124. The first-order chi connectivity index (χ1) is 14.0. The van der Waals surface area contributed by atoms with E-state index >= 15 is 0 Å². The summed E-state index contributed by atoms with van der Waals surface area (Å²) in [5.41, 5.74) is 1.42. The molecule has 1 amide bonds. The second kappa shape index (κ2) is 8.65. The number of para-hydroxylation sites is 1. The monoisotopic (exact) mass is 432 g/mol. The second-order valence-corrected chi connectivity index (χ2v) is 10.3. The second-order valence-electron chi connectivity index (χ2n) is 8.18. The Morgan fingerprint density at radius 2 is 1.87 bits per heavy atom. The number of rotatable bonds is 7. The van der Waals surface area contributed by atoms with E-state index in [1.807, 2.05) is 38.1 Å². The Morgan fingerprint density at radius 1 is 1.20 bits per heavy atom. The Bertz CT molecular complexity index is 1000. The maximum absolute atomic E-state index is 12.5. The molecule has 3 rings (SSSR count). The van der Waals surface area contributed by atoms with E-state index in [1.165, 1.54) is 17.6 Å². The number of benzene rings is 2. The van der Waals surface area contributed by atoms with Crippen LogP contribution < -0.4 is 14.8 Å². The third-order valence-corrected chi connectivity index (χ3v) is 6.24. The molecule has 1 heterocycles. The van der Waals surface area contributed by atoms with E-state index < -0.39 is 10.0 Å². The summed E-state index contributed by atoms with van der Waals surface area (Å²) in [6.07, 6.45) is 1.83. The van der Waals surface area contributed by atoms with Crippen LogP contribution in [0.3, 0.4) is 0 Å². The number of hydrogen-bond donors (Lipinski definition) is 1. The number of hydrogen-bond acceptors (Lipinski definition) is 5. The molecule has 1 atom stereocenters. The normalized spacial score (nSPS) is 17.7. The molecule has 0 saturated heterocycles. The van der Waals surface area contributed by atoms with Crippen molar-refractivity contribution in [2.24, 2.45) is 0 Å². The fourth-order valence-electron chi connectivity index (χ4n) is 3.38. The lowest BCUT2D eigenvalue weighted by Crippen LogP contribution is -2.42. The van der Waals surface area contributed by atoms with Crippen molar-refractivity contribution in [3.05, 3.63) is 59.7 Å². The number of carbonyl (C=O) groups excluding carboxylic acids is 1. The Labute approximate surface area is 178 Å². The molecule has 0 unspecified atom stereocenters. The van der Waals surface area contributed by atoms with Crippen molar-refractivity contribution in [1.29, 1.82) is 0 Å². The maximum Gasteiger partial charge on any atom is 0.258 e. The predicted octanol–water partition coefficient (Wildman–Crippen LogP) is 2.88. The van der Waals surface area contributed by atoms with Gasteiger partial charge in [0.1, 0.15) is 17.1 Å². The first-order valence-electron chi connectivity index (χ1n) is 9.74. The minimum atomic E-state index is -3.24. The molecule has 0 aliphatic carbocycles. The highest BCUT2D eigenvalue weighted by atomic mass is 32.2. The van der Waals surface area contributed by atoms with Crippen molar-refractivity contribution < 1.29 is 22.7 Å². The third kappa shape index (κ3) is 5.73. The minimum Gasteiger partial charge on any atom is -0.487 e. The summed E-state index contributed by atoms with van der Waals surface area (Å²) in [5.74, 6) is 1.12. The van der Waals surface area contributed by atoms with Crippen molar-refractivity contribution in [2.45, 2.75) is 38.5 Å². The number of fused-ring (bicyclic) bond motifs is 1. The molecule has 0 saturated carbocycles. The molecule has 0 fully saturated rings. The van der Waals surface area contributed by atoms with E-state index in [9.17, 15) is 13.2 Å². The molecule has 7 nitrogen and oxygen atoms in total. The highest BCUT2D eigenvalue weighted by molar-refractivity contribution is 7.88. The van der Waals surface area contributed by atoms with Gasteiger partial charge in [0.05, 0.1) is 12.3 Å². The van der Waals surface area contributed by atoms with Gasteiger partial charge in [0, 0.05) is 25.6 Å². The fourth-order valence-corrected chi connectivity index (χ4v) is 3.76. The van der Waals surface area contributed by atoms with Gasteiger partial charge in [0.25, 0.3) is 5.91 Å². The van der Waals surface area contributed by atoms with Gasteiger partial charge in [-0.2, -0.15) is 0 Å². The van der Waals surface area contributed by atoms with Crippen LogP contribution in [0, 0.1) is 0 Å². The molecule has 0 radical (unpaired) electrons. The Hall–Kier alpha value is -2.58. The van der Waals surface area contributed by atoms with E-state index in [0.717, 1.165) is 16.9 Å². The van der Waals surface area contributed by atoms with Crippen LogP contribution in [0.4, 0.5) is 0 Å². The Kier molecular flexibility index (Phi) is 6.38. The summed E-state index contributed by atoms with van der Waals surface area (Å²) < 4.78 is 35.9. The van der Waals surface area contributed by atoms with Gasteiger partial charge in [-0.25, -0.2) is 12.7 Å². The molecule has 1 N–H and O–H groups in total. The number of nitrogens with zero attached hydrogens (tertiary/aromatic N) is 1. The van der Waals surface area contributed by atoms with Crippen LogP contribution in [0.1, 0.15) is 37.4 Å². The molecule has 8 heteroatoms. The minimum absolute atomic E-state index is 0.109. The summed E-state index contributed by atoms with van der Waals surface area (Å²) in [7, 11) is -1.71. The molecule has 1 aliphatic rings. The first kappa shape index (κ1) is 22.1. The standard InChI is InChI=1S/C22H28N2O5S/c1-22(2)13-19(18-7-5-6-8-20(18)29-22)23-21(25)15-28-17-11-9-16(10-12-17)14-24(3)30(4,26)27/h5-12,19H,13-15H2,1-4H3,(H,23,25)/t19-/m0/s1. The van der Waals surface area contributed by atoms with Crippen molar-refractivity contribution >= 4 is 15.9 Å². The molecule has 1 aliphatic heterocycles. The van der Waals surface area contributed by atoms with Crippen molar-refractivity contribution in [3.63, 3.8) is 0 Å². The zero-order valence-corrected chi connectivity index (χ0v) is 18.5. The van der Waals surface area contributed by atoms with Gasteiger partial charge >= 0.3 is 0 Å². The smallest absolute Gasteiger partial charge is 0.258 e. The third-order valence-electron chi connectivity index (χ3n) is 4.98. The van der Waals surface area contributed by atoms with Gasteiger partial charge < -0.3 is 14.8 Å². The highest BCUT2D eigenvalue weighted by Crippen LogP contribution is 2.39. The van der Waals surface area contributed by atoms with Gasteiger partial charge in [-0.15, -0.1) is 0 Å². The molecule has 162 valence electrons. The quantitative estimate of drug-likeness (QED) is 0.727. The van der Waals surface area contributed by atoms with Gasteiger partial charge in [0.2, 0.25) is 10.0 Å². The molecule has 2 aromatic carbocycles. The predicted molar refractivity (Wildman–Crippen MR) is 115 cm³/mol. The van der Waals surface area contributed by atoms with Gasteiger partial charge in [0.15, 0.2) is 6.61 Å². The summed E-state index contributed by atoms with van der Waals surface area (Å²) in [6.45, 7) is 4.17. The van der Waals surface area contributed by atoms with E-state index in [-0.39, 0.29) is 30.7 Å². The molecular formula is C22H28N2O5S. The van der Waals surface area contributed by atoms with Crippen LogP contribution in [0.25, 0.3) is 0 Å². The molecular weight excluding hydrogens is 404 g/mol. The van der Waals surface area contributed by atoms with E-state index in [4.69, 9.17) is 9.47 Å². The van der Waals surface area contributed by atoms with Crippen LogP contribution in [0.15, 0.2) is 48.5 Å². The SMILES string of the molecule is CN(Cc1ccc(OCC(=O)N[C@H]2CC(C)(C)Oc3ccccc32)cc1)S(C)(=O)=O. The highest BCUT2D eigenvalue weighted by Gasteiger charge is 2.34. The number of sulfonamides is 1. The average Bonchev–Trinajstić information content (AvgIpc) is 2.66. The topological polar surface area (TPSA) is 84.9 Å². The fraction of sp³-hybridized carbons (Fsp3) is 0.409. The summed E-state index contributed by atoms with van der Waals surface area (Å²) in [5, 5.41) is 3.04. The lowest BCUT2D eigenvalue weighted by Gasteiger charge is -2.37. The van der Waals surface area contributed by atoms with E-state index in [1.54, 1.807) is 24.3 Å². The molecule has 30 heavy (non-hydrogen) atoms. The summed E-state index contributed by atoms with van der Waals surface area (Å²) >= 11 is 0. The number of amides is 1. The number of ether oxygens (including phenoxy) is 2. The van der Waals surface area contributed by atoms with Crippen LogP contribution in [0.5, 0.6) is 11.5 Å². The van der Waals surface area contributed by atoms with Gasteiger partial charge in [-0.3, -0.25) is 4.79 Å². The summed E-state index contributed by atoms with van der Waals surface area (Å²) in [4.78, 5) is 12.5. The van der Waals surface area contributed by atoms with Crippen LogP contribution in [-0.4, -0.2) is 44.1 Å². The van der Waals surface area contributed by atoms with Gasteiger partial charge in [-0.05, 0) is 37.6 Å². The van der Waals surface area contributed by atoms with Crippen molar-refractivity contribution in [1.82, 2.24) is 9.62 Å². The Morgan fingerprint density at radius 3 is 2.53 bits per heavy atom. The van der Waals surface area contributed by atoms with Crippen LogP contribution in [0.2, 0.25) is 0 Å². The lowest BCUT2D eigenvalue weighted by atomic mass is 9.90. The van der Waals surface area contributed by atoms with Crippen LogP contribution in [-0.2, 0) is 21.4 Å². The van der Waals surface area contributed by atoms with Crippen LogP contribution >= 0.6 is 0 Å². The molecule has 0 bridgehead atoms. The zero-order valence-electron chi connectivity index (χ0n) is 17.7. The van der Waals surface area contributed by atoms with Crippen molar-refractivity contribution in [2.75, 3.05) is 19.9 Å². The van der Waals surface area contributed by atoms with E-state index in [2.05, 4.69) is 5.32 Å². The molecule has 0 aromatic heterocycles. The first-order valence-corrected chi connectivity index (χ1v) is 11.6. The zero-order chi connectivity index (χ0) is 21.9. The Balaban J connectivity index is 1.56. The van der Waals surface area contributed by atoms with Gasteiger partial charge in [-0.1, -0.05) is 30.3 Å². The van der Waals surface area contributed by atoms with E-state index in [0.29, 0.717) is 12.2 Å².